The van der Waals surface area contributed by atoms with Crippen LogP contribution in [-0.2, 0) is 11.8 Å². The Bertz CT molecular complexity index is 534. The molecule has 1 aliphatic heterocycles. The lowest BCUT2D eigenvalue weighted by Gasteiger charge is -2.24. The average molecular weight is 323 g/mol. The summed E-state index contributed by atoms with van der Waals surface area (Å²) in [6, 6.07) is 1.56. The van der Waals surface area contributed by atoms with Gasteiger partial charge in [0.15, 0.2) is 0 Å². The van der Waals surface area contributed by atoms with E-state index in [9.17, 15) is 9.59 Å². The fourth-order valence-electron chi connectivity index (χ4n) is 2.57. The first-order valence-corrected chi connectivity index (χ1v) is 8.85. The predicted molar refractivity (Wildman–Crippen MR) is 89.9 cm³/mol. The summed E-state index contributed by atoms with van der Waals surface area (Å²) in [5, 5.41) is 2.96. The van der Waals surface area contributed by atoms with Gasteiger partial charge in [0.25, 0.3) is 5.91 Å². The van der Waals surface area contributed by atoms with Gasteiger partial charge in [-0.1, -0.05) is 13.8 Å². The molecule has 1 aromatic rings. The zero-order chi connectivity index (χ0) is 16.3. The Balaban J connectivity index is 2.04. The van der Waals surface area contributed by atoms with E-state index in [4.69, 9.17) is 0 Å². The Labute approximate surface area is 136 Å². The molecule has 2 rings (SSSR count). The quantitative estimate of drug-likeness (QED) is 0.902. The summed E-state index contributed by atoms with van der Waals surface area (Å²) >= 11 is 1.63. The van der Waals surface area contributed by atoms with Crippen molar-refractivity contribution in [3.8, 4) is 0 Å². The smallest absolute Gasteiger partial charge is 0.272 e. The van der Waals surface area contributed by atoms with E-state index >= 15 is 0 Å². The minimum atomic E-state index is -0.362. The van der Waals surface area contributed by atoms with Crippen molar-refractivity contribution in [1.29, 1.82) is 0 Å². The maximum atomic E-state index is 12.8. The molecule has 6 heteroatoms. The molecular weight excluding hydrogens is 298 g/mol. The minimum absolute atomic E-state index is 0.0362. The highest BCUT2D eigenvalue weighted by molar-refractivity contribution is 7.99. The van der Waals surface area contributed by atoms with Crippen LogP contribution in [0.5, 0.6) is 0 Å². The lowest BCUT2D eigenvalue weighted by molar-refractivity contribution is -0.124. The standard InChI is InChI=1S/C16H25N3O2S/c1-11(2)5-7-17-15(20)13-9-22-10-19(13)16(21)14-12(3)6-8-18(14)4/h6,8,11,13H,5,7,9-10H2,1-4H3,(H,17,20)/t13-/m1/s1. The maximum Gasteiger partial charge on any atom is 0.272 e. The summed E-state index contributed by atoms with van der Waals surface area (Å²) in [6.07, 6.45) is 2.83. The van der Waals surface area contributed by atoms with Gasteiger partial charge in [0.1, 0.15) is 11.7 Å². The number of rotatable bonds is 5. The lowest BCUT2D eigenvalue weighted by atomic mass is 10.1. The predicted octanol–water partition coefficient (Wildman–Crippen LogP) is 2.01. The van der Waals surface area contributed by atoms with E-state index < -0.39 is 0 Å². The minimum Gasteiger partial charge on any atom is -0.354 e. The first kappa shape index (κ1) is 16.9. The molecule has 0 aliphatic carbocycles. The number of aromatic nitrogens is 1. The number of thioether (sulfide) groups is 1. The first-order valence-electron chi connectivity index (χ1n) is 7.70. The van der Waals surface area contributed by atoms with Crippen molar-refractivity contribution in [2.45, 2.75) is 33.2 Å². The molecule has 0 bridgehead atoms. The van der Waals surface area contributed by atoms with E-state index in [1.165, 1.54) is 0 Å². The number of nitrogens with zero attached hydrogens (tertiary/aromatic N) is 2. The van der Waals surface area contributed by atoms with Crippen molar-refractivity contribution in [2.75, 3.05) is 18.2 Å². The molecule has 0 radical (unpaired) electrons. The van der Waals surface area contributed by atoms with Gasteiger partial charge in [0.2, 0.25) is 5.91 Å². The van der Waals surface area contributed by atoms with Gasteiger partial charge < -0.3 is 14.8 Å². The Kier molecular flexibility index (Phi) is 5.56. The zero-order valence-electron chi connectivity index (χ0n) is 13.8. The molecule has 5 nitrogen and oxygen atoms in total. The van der Waals surface area contributed by atoms with Gasteiger partial charge in [-0.15, -0.1) is 11.8 Å². The van der Waals surface area contributed by atoms with Gasteiger partial charge in [-0.25, -0.2) is 0 Å². The van der Waals surface area contributed by atoms with Crippen LogP contribution in [0.25, 0.3) is 0 Å². The number of hydrogen-bond donors (Lipinski definition) is 1. The second kappa shape index (κ2) is 7.22. The molecule has 0 unspecified atom stereocenters. The van der Waals surface area contributed by atoms with Crippen molar-refractivity contribution < 1.29 is 9.59 Å². The van der Waals surface area contributed by atoms with E-state index in [1.54, 1.807) is 16.7 Å². The fraction of sp³-hybridized carbons (Fsp3) is 0.625. The van der Waals surface area contributed by atoms with E-state index in [-0.39, 0.29) is 17.9 Å². The molecule has 1 saturated heterocycles. The molecule has 1 aliphatic rings. The number of nitrogens with one attached hydrogen (secondary N) is 1. The second-order valence-corrected chi connectivity index (χ2v) is 7.22. The van der Waals surface area contributed by atoms with Crippen LogP contribution in [-0.4, -0.2) is 45.5 Å². The molecule has 22 heavy (non-hydrogen) atoms. The van der Waals surface area contributed by atoms with Crippen molar-refractivity contribution >= 4 is 23.6 Å². The van der Waals surface area contributed by atoms with Crippen LogP contribution in [0, 0.1) is 12.8 Å². The van der Waals surface area contributed by atoms with Gasteiger partial charge in [-0.2, -0.15) is 0 Å². The van der Waals surface area contributed by atoms with Gasteiger partial charge >= 0.3 is 0 Å². The molecule has 2 amide bonds. The Morgan fingerprint density at radius 1 is 1.45 bits per heavy atom. The van der Waals surface area contributed by atoms with Crippen molar-refractivity contribution in [1.82, 2.24) is 14.8 Å². The molecule has 1 aromatic heterocycles. The lowest BCUT2D eigenvalue weighted by Crippen LogP contribution is -2.48. The highest BCUT2D eigenvalue weighted by atomic mass is 32.2. The van der Waals surface area contributed by atoms with Crippen molar-refractivity contribution in [3.63, 3.8) is 0 Å². The number of amides is 2. The summed E-state index contributed by atoms with van der Waals surface area (Å²) in [6.45, 7) is 6.86. The summed E-state index contributed by atoms with van der Waals surface area (Å²) < 4.78 is 1.83. The molecule has 0 saturated carbocycles. The molecule has 0 spiro atoms. The largest absolute Gasteiger partial charge is 0.354 e. The van der Waals surface area contributed by atoms with Crippen LogP contribution >= 0.6 is 11.8 Å². The van der Waals surface area contributed by atoms with Gasteiger partial charge in [0, 0.05) is 25.5 Å². The zero-order valence-corrected chi connectivity index (χ0v) is 14.6. The third-order valence-electron chi connectivity index (χ3n) is 3.94. The fourth-order valence-corrected chi connectivity index (χ4v) is 3.73. The van der Waals surface area contributed by atoms with Crippen molar-refractivity contribution in [2.24, 2.45) is 13.0 Å². The van der Waals surface area contributed by atoms with Gasteiger partial charge in [0.05, 0.1) is 5.88 Å². The van der Waals surface area contributed by atoms with Crippen LogP contribution in [0.2, 0.25) is 0 Å². The first-order chi connectivity index (χ1) is 10.4. The maximum absolute atomic E-state index is 12.8. The number of carbonyl (C=O) groups is 2. The summed E-state index contributed by atoms with van der Waals surface area (Å²) in [5.41, 5.74) is 1.62. The SMILES string of the molecule is Cc1ccn(C)c1C(=O)N1CSC[C@@H]1C(=O)NCCC(C)C. The second-order valence-electron chi connectivity index (χ2n) is 6.22. The third kappa shape index (κ3) is 3.66. The molecule has 122 valence electrons. The third-order valence-corrected chi connectivity index (χ3v) is 4.96. The Morgan fingerprint density at radius 3 is 2.77 bits per heavy atom. The summed E-state index contributed by atoms with van der Waals surface area (Å²) in [4.78, 5) is 26.8. The monoisotopic (exact) mass is 323 g/mol. The topological polar surface area (TPSA) is 54.3 Å². The van der Waals surface area contributed by atoms with Crippen molar-refractivity contribution in [3.05, 3.63) is 23.5 Å². The van der Waals surface area contributed by atoms with E-state index in [0.717, 1.165) is 12.0 Å². The summed E-state index contributed by atoms with van der Waals surface area (Å²) in [7, 11) is 1.86. The highest BCUT2D eigenvalue weighted by Crippen LogP contribution is 2.24. The number of carbonyl (C=O) groups excluding carboxylic acids is 2. The molecule has 1 fully saturated rings. The normalized spacial score (nSPS) is 18.0. The number of hydrogen-bond acceptors (Lipinski definition) is 3. The Morgan fingerprint density at radius 2 is 2.18 bits per heavy atom. The van der Waals surface area contributed by atoms with Crippen LogP contribution < -0.4 is 5.32 Å². The summed E-state index contributed by atoms with van der Waals surface area (Å²) in [5.74, 6) is 1.71. The Hall–Kier alpha value is -1.43. The molecular formula is C16H25N3O2S. The number of aryl methyl sites for hydroxylation is 2. The van der Waals surface area contributed by atoms with Crippen LogP contribution in [0.4, 0.5) is 0 Å². The molecule has 2 heterocycles. The molecule has 1 N–H and O–H groups in total. The van der Waals surface area contributed by atoms with Crippen LogP contribution in [0.3, 0.4) is 0 Å². The van der Waals surface area contributed by atoms with Crippen LogP contribution in [0.1, 0.15) is 36.3 Å². The van der Waals surface area contributed by atoms with Gasteiger partial charge in [-0.3, -0.25) is 9.59 Å². The highest BCUT2D eigenvalue weighted by Gasteiger charge is 2.36. The van der Waals surface area contributed by atoms with E-state index in [0.29, 0.717) is 29.8 Å². The average Bonchev–Trinajstić information content (AvgIpc) is 3.05. The van der Waals surface area contributed by atoms with E-state index in [1.807, 2.05) is 30.8 Å². The molecule has 1 atom stereocenters. The van der Waals surface area contributed by atoms with E-state index in [2.05, 4.69) is 19.2 Å². The van der Waals surface area contributed by atoms with Crippen LogP contribution in [0.15, 0.2) is 12.3 Å². The van der Waals surface area contributed by atoms with Gasteiger partial charge in [-0.05, 0) is 30.9 Å². The molecule has 0 aromatic carbocycles.